The van der Waals surface area contributed by atoms with Gasteiger partial charge in [0.1, 0.15) is 18.2 Å². The summed E-state index contributed by atoms with van der Waals surface area (Å²) in [5.74, 6) is -1.75. The van der Waals surface area contributed by atoms with Gasteiger partial charge in [0.15, 0.2) is 23.6 Å². The van der Waals surface area contributed by atoms with Gasteiger partial charge < -0.3 is 18.9 Å². The molecule has 1 fully saturated rings. The summed E-state index contributed by atoms with van der Waals surface area (Å²) in [6.07, 6.45) is -0.994. The van der Waals surface area contributed by atoms with Crippen molar-refractivity contribution >= 4 is 40.5 Å². The second-order valence-corrected chi connectivity index (χ2v) is 6.39. The fourth-order valence-electron chi connectivity index (χ4n) is 2.96. The molecule has 4 unspecified atom stereocenters. The van der Waals surface area contributed by atoms with Gasteiger partial charge in [0.05, 0.1) is 18.0 Å². The molecule has 28 heavy (non-hydrogen) atoms. The van der Waals surface area contributed by atoms with Crippen LogP contribution >= 0.6 is 11.6 Å². The van der Waals surface area contributed by atoms with Crippen molar-refractivity contribution in [3.63, 3.8) is 0 Å². The van der Waals surface area contributed by atoms with Crippen molar-refractivity contribution in [2.45, 2.75) is 45.3 Å². The molecule has 0 aromatic carbocycles. The fourth-order valence-corrected chi connectivity index (χ4v) is 3.15. The number of halogens is 1. The Bertz CT molecular complexity index is 918. The zero-order valence-electron chi connectivity index (χ0n) is 15.2. The molecule has 1 saturated heterocycles. The Labute approximate surface area is 163 Å². The predicted octanol–water partition coefficient (Wildman–Crippen LogP) is 0.804. The fraction of sp³-hybridized carbons (Fsp3) is 0.500. The van der Waals surface area contributed by atoms with Gasteiger partial charge >= 0.3 is 17.9 Å². The largest absolute Gasteiger partial charge is 0.463 e. The summed E-state index contributed by atoms with van der Waals surface area (Å²) >= 11 is 6.01. The van der Waals surface area contributed by atoms with E-state index in [1.165, 1.54) is 37.9 Å². The van der Waals surface area contributed by atoms with Gasteiger partial charge in [-0.1, -0.05) is 11.6 Å². The molecule has 1 aliphatic rings. The number of carbonyl (C=O) groups excluding carboxylic acids is 3. The number of imidazole rings is 1. The van der Waals surface area contributed by atoms with Gasteiger partial charge in [-0.05, 0) is 0 Å². The molecule has 0 bridgehead atoms. The maximum Gasteiger partial charge on any atom is 0.303 e. The first-order chi connectivity index (χ1) is 13.3. The van der Waals surface area contributed by atoms with Crippen LogP contribution in [0.15, 0.2) is 12.5 Å². The SMILES string of the molecule is CC(=O)OCC1OC(n2cnc3c(Cl)nncc32)C(OC(C)=O)C1OC(C)=O. The standard InChI is InChI=1S/C16H17ClN4O7/c1-7(22)25-5-11-13(26-8(2)23)14(27-9(3)24)16(28-11)21-6-18-12-10(21)4-19-20-15(12)17/h4,6,11,13-14,16H,5H2,1-3H3. The van der Waals surface area contributed by atoms with Crippen LogP contribution < -0.4 is 0 Å². The smallest absolute Gasteiger partial charge is 0.303 e. The Balaban J connectivity index is 2.01. The average molecular weight is 413 g/mol. The van der Waals surface area contributed by atoms with E-state index < -0.39 is 42.4 Å². The van der Waals surface area contributed by atoms with Gasteiger partial charge in [0, 0.05) is 20.8 Å². The predicted molar refractivity (Wildman–Crippen MR) is 92.0 cm³/mol. The van der Waals surface area contributed by atoms with Crippen LogP contribution in [0.1, 0.15) is 27.0 Å². The van der Waals surface area contributed by atoms with E-state index in [1.54, 1.807) is 0 Å². The molecule has 0 aliphatic carbocycles. The lowest BCUT2D eigenvalue weighted by Gasteiger charge is -2.23. The van der Waals surface area contributed by atoms with Crippen LogP contribution in [-0.4, -0.2) is 62.6 Å². The molecule has 1 aliphatic heterocycles. The molecule has 0 saturated carbocycles. The van der Waals surface area contributed by atoms with Crippen molar-refractivity contribution in [3.05, 3.63) is 17.7 Å². The summed E-state index contributed by atoms with van der Waals surface area (Å²) < 4.78 is 23.2. The van der Waals surface area contributed by atoms with Gasteiger partial charge in [0.25, 0.3) is 0 Å². The second-order valence-electron chi connectivity index (χ2n) is 6.04. The lowest BCUT2D eigenvalue weighted by atomic mass is 10.1. The van der Waals surface area contributed by atoms with Crippen LogP contribution in [0.25, 0.3) is 11.0 Å². The minimum atomic E-state index is -1.02. The van der Waals surface area contributed by atoms with Crippen LogP contribution in [-0.2, 0) is 33.3 Å². The zero-order chi connectivity index (χ0) is 20.4. The Morgan fingerprint density at radius 3 is 2.46 bits per heavy atom. The monoisotopic (exact) mass is 412 g/mol. The summed E-state index contributed by atoms with van der Waals surface area (Å²) in [6.45, 7) is 3.47. The first kappa shape index (κ1) is 20.0. The summed E-state index contributed by atoms with van der Waals surface area (Å²) in [4.78, 5) is 38.6. The van der Waals surface area contributed by atoms with Crippen LogP contribution in [0.4, 0.5) is 0 Å². The van der Waals surface area contributed by atoms with E-state index in [1.807, 2.05) is 0 Å². The molecule has 0 radical (unpaired) electrons. The average Bonchev–Trinajstić information content (AvgIpc) is 3.16. The lowest BCUT2D eigenvalue weighted by Crippen LogP contribution is -2.40. The summed E-state index contributed by atoms with van der Waals surface area (Å²) in [5.41, 5.74) is 0.839. The lowest BCUT2D eigenvalue weighted by molar-refractivity contribution is -0.166. The van der Waals surface area contributed by atoms with Crippen LogP contribution in [0, 0.1) is 0 Å². The topological polar surface area (TPSA) is 132 Å². The highest BCUT2D eigenvalue weighted by atomic mass is 35.5. The van der Waals surface area contributed by atoms with Crippen LogP contribution in [0.2, 0.25) is 5.15 Å². The molecule has 0 spiro atoms. The number of aromatic nitrogens is 4. The molecule has 3 heterocycles. The van der Waals surface area contributed by atoms with Crippen molar-refractivity contribution in [1.82, 2.24) is 19.7 Å². The molecule has 4 atom stereocenters. The molecule has 11 nitrogen and oxygen atoms in total. The molecular formula is C16H17ClN4O7. The summed E-state index contributed by atoms with van der Waals surface area (Å²) in [5, 5.41) is 7.60. The van der Waals surface area contributed by atoms with E-state index in [9.17, 15) is 14.4 Å². The molecule has 0 N–H and O–H groups in total. The Morgan fingerprint density at radius 1 is 1.14 bits per heavy atom. The third kappa shape index (κ3) is 4.04. The number of hydrogen-bond donors (Lipinski definition) is 0. The molecule has 0 amide bonds. The number of hydrogen-bond acceptors (Lipinski definition) is 10. The zero-order valence-corrected chi connectivity index (χ0v) is 16.0. The van der Waals surface area contributed by atoms with E-state index in [2.05, 4.69) is 15.2 Å². The van der Waals surface area contributed by atoms with E-state index in [4.69, 9.17) is 30.5 Å². The quantitative estimate of drug-likeness (QED) is 0.513. The first-order valence-electron chi connectivity index (χ1n) is 8.25. The minimum Gasteiger partial charge on any atom is -0.463 e. The number of esters is 3. The van der Waals surface area contributed by atoms with E-state index in [-0.39, 0.29) is 11.8 Å². The van der Waals surface area contributed by atoms with E-state index in [0.717, 1.165) is 0 Å². The summed E-state index contributed by atoms with van der Waals surface area (Å²) in [6, 6.07) is 0. The maximum atomic E-state index is 11.7. The summed E-state index contributed by atoms with van der Waals surface area (Å²) in [7, 11) is 0. The first-order valence-corrected chi connectivity index (χ1v) is 8.62. The number of rotatable bonds is 5. The minimum absolute atomic E-state index is 0.0892. The van der Waals surface area contributed by atoms with Crippen molar-refractivity contribution in [3.8, 4) is 0 Å². The van der Waals surface area contributed by atoms with Crippen LogP contribution in [0.5, 0.6) is 0 Å². The Kier molecular flexibility index (Phi) is 5.75. The molecule has 3 rings (SSSR count). The molecule has 150 valence electrons. The third-order valence-electron chi connectivity index (χ3n) is 3.97. The van der Waals surface area contributed by atoms with Gasteiger partial charge in [0.2, 0.25) is 0 Å². The molecule has 12 heteroatoms. The van der Waals surface area contributed by atoms with E-state index in [0.29, 0.717) is 11.0 Å². The van der Waals surface area contributed by atoms with Gasteiger partial charge in [-0.3, -0.25) is 19.0 Å². The van der Waals surface area contributed by atoms with Crippen molar-refractivity contribution in [2.75, 3.05) is 6.61 Å². The molecular weight excluding hydrogens is 396 g/mol. The highest BCUT2D eigenvalue weighted by molar-refractivity contribution is 6.33. The second kappa shape index (κ2) is 8.07. The highest BCUT2D eigenvalue weighted by Gasteiger charge is 2.50. The van der Waals surface area contributed by atoms with E-state index >= 15 is 0 Å². The van der Waals surface area contributed by atoms with Gasteiger partial charge in [-0.2, -0.15) is 5.10 Å². The number of fused-ring (bicyclic) bond motifs is 1. The number of ether oxygens (including phenoxy) is 4. The third-order valence-corrected chi connectivity index (χ3v) is 4.22. The Morgan fingerprint density at radius 2 is 1.82 bits per heavy atom. The van der Waals surface area contributed by atoms with Crippen molar-refractivity contribution in [2.24, 2.45) is 0 Å². The normalized spacial score (nSPS) is 24.1. The maximum absolute atomic E-state index is 11.7. The highest BCUT2D eigenvalue weighted by Crippen LogP contribution is 2.36. The van der Waals surface area contributed by atoms with Gasteiger partial charge in [-0.15, -0.1) is 5.10 Å². The number of carbonyl (C=O) groups is 3. The van der Waals surface area contributed by atoms with Crippen molar-refractivity contribution < 1.29 is 33.3 Å². The van der Waals surface area contributed by atoms with Crippen LogP contribution in [0.3, 0.4) is 0 Å². The Hall–Kier alpha value is -2.79. The van der Waals surface area contributed by atoms with Crippen molar-refractivity contribution in [1.29, 1.82) is 0 Å². The van der Waals surface area contributed by atoms with Gasteiger partial charge in [-0.25, -0.2) is 4.98 Å². The molecule has 2 aromatic rings. The number of nitrogens with zero attached hydrogens (tertiary/aromatic N) is 4. The molecule has 2 aromatic heterocycles.